The van der Waals surface area contributed by atoms with E-state index >= 15 is 0 Å². The van der Waals surface area contributed by atoms with Crippen LogP contribution >= 0.6 is 11.3 Å². The summed E-state index contributed by atoms with van der Waals surface area (Å²) in [4.78, 5) is 10.3. The van der Waals surface area contributed by atoms with Gasteiger partial charge in [0, 0.05) is 30.6 Å². The minimum Gasteiger partial charge on any atom is -0.331 e. The second-order valence-corrected chi connectivity index (χ2v) is 6.17. The SMILES string of the molecule is CNC(Cc1nc2ccccc2n1C)c1cnc(C)s1. The normalized spacial score (nSPS) is 12.9. The van der Waals surface area contributed by atoms with Crippen LogP contribution in [0.4, 0.5) is 0 Å². The van der Waals surface area contributed by atoms with Gasteiger partial charge in [0.2, 0.25) is 0 Å². The van der Waals surface area contributed by atoms with Crippen molar-refractivity contribution in [1.82, 2.24) is 19.9 Å². The number of thiazole rings is 1. The topological polar surface area (TPSA) is 42.7 Å². The molecule has 0 saturated heterocycles. The molecule has 1 aromatic carbocycles. The number of para-hydroxylation sites is 2. The van der Waals surface area contributed by atoms with Crippen LogP contribution in [0.5, 0.6) is 0 Å². The van der Waals surface area contributed by atoms with Gasteiger partial charge in [0.15, 0.2) is 0 Å². The van der Waals surface area contributed by atoms with E-state index in [2.05, 4.69) is 40.1 Å². The molecule has 0 amide bonds. The molecule has 1 unspecified atom stereocenters. The van der Waals surface area contributed by atoms with Crippen LogP contribution in [0.3, 0.4) is 0 Å². The smallest absolute Gasteiger partial charge is 0.111 e. The van der Waals surface area contributed by atoms with Crippen LogP contribution < -0.4 is 5.32 Å². The number of rotatable bonds is 4. The van der Waals surface area contributed by atoms with E-state index < -0.39 is 0 Å². The predicted molar refractivity (Wildman–Crippen MR) is 83.1 cm³/mol. The molecule has 0 fully saturated rings. The minimum absolute atomic E-state index is 0.261. The van der Waals surface area contributed by atoms with Gasteiger partial charge in [0.25, 0.3) is 0 Å². The van der Waals surface area contributed by atoms with E-state index in [1.807, 2.05) is 26.2 Å². The molecule has 0 aliphatic carbocycles. The molecule has 5 heteroatoms. The Bertz CT molecular complexity index is 728. The molecule has 0 aliphatic rings. The molecule has 2 heterocycles. The lowest BCUT2D eigenvalue weighted by atomic mass is 10.2. The predicted octanol–water partition coefficient (Wildman–Crippen LogP) is 2.84. The van der Waals surface area contributed by atoms with E-state index in [4.69, 9.17) is 4.98 Å². The quantitative estimate of drug-likeness (QED) is 0.802. The summed E-state index contributed by atoms with van der Waals surface area (Å²) >= 11 is 1.74. The van der Waals surface area contributed by atoms with E-state index in [-0.39, 0.29) is 6.04 Å². The number of fused-ring (bicyclic) bond motifs is 1. The molecule has 3 aromatic rings. The van der Waals surface area contributed by atoms with Gasteiger partial charge in [-0.1, -0.05) is 12.1 Å². The number of imidazole rings is 1. The van der Waals surface area contributed by atoms with Crippen molar-refractivity contribution in [3.05, 3.63) is 46.2 Å². The zero-order valence-corrected chi connectivity index (χ0v) is 12.7. The van der Waals surface area contributed by atoms with Crippen LogP contribution in [0.1, 0.15) is 21.8 Å². The first kappa shape index (κ1) is 13.3. The maximum Gasteiger partial charge on any atom is 0.111 e. The fraction of sp³-hybridized carbons (Fsp3) is 0.333. The maximum atomic E-state index is 4.74. The summed E-state index contributed by atoms with van der Waals surface area (Å²) in [6.45, 7) is 2.04. The zero-order chi connectivity index (χ0) is 14.1. The highest BCUT2D eigenvalue weighted by Gasteiger charge is 2.16. The fourth-order valence-electron chi connectivity index (χ4n) is 2.44. The van der Waals surface area contributed by atoms with E-state index in [9.17, 15) is 0 Å². The fourth-order valence-corrected chi connectivity index (χ4v) is 3.34. The lowest BCUT2D eigenvalue weighted by Gasteiger charge is -2.13. The minimum atomic E-state index is 0.261. The Morgan fingerprint density at radius 3 is 2.80 bits per heavy atom. The van der Waals surface area contributed by atoms with Crippen molar-refractivity contribution in [1.29, 1.82) is 0 Å². The maximum absolute atomic E-state index is 4.74. The molecule has 0 aliphatic heterocycles. The number of likely N-dealkylation sites (N-methyl/N-ethyl adjacent to an activating group) is 1. The van der Waals surface area contributed by atoms with Crippen molar-refractivity contribution in [3.8, 4) is 0 Å². The van der Waals surface area contributed by atoms with Crippen LogP contribution in [-0.4, -0.2) is 21.6 Å². The Morgan fingerprint density at radius 1 is 1.35 bits per heavy atom. The number of hydrogen-bond donors (Lipinski definition) is 1. The summed E-state index contributed by atoms with van der Waals surface area (Å²) in [6.07, 6.45) is 2.83. The van der Waals surface area contributed by atoms with Gasteiger partial charge in [-0.05, 0) is 26.1 Å². The molecule has 4 nitrogen and oxygen atoms in total. The first-order chi connectivity index (χ1) is 9.69. The average Bonchev–Trinajstić information content (AvgIpc) is 3.01. The number of aryl methyl sites for hydroxylation is 2. The summed E-state index contributed by atoms with van der Waals surface area (Å²) in [5, 5.41) is 4.47. The molecule has 0 radical (unpaired) electrons. The Hall–Kier alpha value is -1.72. The summed E-state index contributed by atoms with van der Waals surface area (Å²) in [7, 11) is 4.07. The third kappa shape index (κ3) is 2.34. The summed E-state index contributed by atoms with van der Waals surface area (Å²) in [5.74, 6) is 1.09. The van der Waals surface area contributed by atoms with Gasteiger partial charge >= 0.3 is 0 Å². The molecule has 20 heavy (non-hydrogen) atoms. The van der Waals surface area contributed by atoms with Gasteiger partial charge in [-0.25, -0.2) is 9.97 Å². The Morgan fingerprint density at radius 2 is 2.15 bits per heavy atom. The van der Waals surface area contributed by atoms with Crippen LogP contribution in [0.25, 0.3) is 11.0 Å². The van der Waals surface area contributed by atoms with Gasteiger partial charge in [0.05, 0.1) is 16.0 Å². The highest BCUT2D eigenvalue weighted by molar-refractivity contribution is 7.11. The van der Waals surface area contributed by atoms with Crippen molar-refractivity contribution in [3.63, 3.8) is 0 Å². The van der Waals surface area contributed by atoms with E-state index in [1.54, 1.807) is 11.3 Å². The Balaban J connectivity index is 1.93. The average molecular weight is 286 g/mol. The molecular weight excluding hydrogens is 268 g/mol. The third-order valence-electron chi connectivity index (χ3n) is 3.60. The Labute approximate surface area is 122 Å². The highest BCUT2D eigenvalue weighted by Crippen LogP contribution is 2.24. The lowest BCUT2D eigenvalue weighted by Crippen LogP contribution is -2.19. The molecule has 1 atom stereocenters. The number of benzene rings is 1. The van der Waals surface area contributed by atoms with Crippen molar-refractivity contribution in [2.24, 2.45) is 7.05 Å². The van der Waals surface area contributed by atoms with Gasteiger partial charge in [0.1, 0.15) is 5.82 Å². The first-order valence-corrected chi connectivity index (χ1v) is 7.50. The van der Waals surface area contributed by atoms with E-state index in [1.165, 1.54) is 10.4 Å². The van der Waals surface area contributed by atoms with Gasteiger partial charge in [-0.3, -0.25) is 0 Å². The van der Waals surface area contributed by atoms with Crippen LogP contribution in [0.2, 0.25) is 0 Å². The van der Waals surface area contributed by atoms with E-state index in [0.717, 1.165) is 22.8 Å². The molecule has 3 rings (SSSR count). The standard InChI is InChI=1S/C15H18N4S/c1-10-17-9-14(20-10)12(16-2)8-15-18-11-6-4-5-7-13(11)19(15)3/h4-7,9,12,16H,8H2,1-3H3. The van der Waals surface area contributed by atoms with Crippen LogP contribution in [-0.2, 0) is 13.5 Å². The summed E-state index contributed by atoms with van der Waals surface area (Å²) < 4.78 is 2.17. The highest BCUT2D eigenvalue weighted by atomic mass is 32.1. The molecule has 0 saturated carbocycles. The largest absolute Gasteiger partial charge is 0.331 e. The Kier molecular flexibility index (Phi) is 3.54. The van der Waals surface area contributed by atoms with Gasteiger partial charge in [-0.15, -0.1) is 11.3 Å². The van der Waals surface area contributed by atoms with Gasteiger partial charge < -0.3 is 9.88 Å². The molecule has 104 valence electrons. The number of hydrogen-bond acceptors (Lipinski definition) is 4. The second-order valence-electron chi connectivity index (χ2n) is 4.90. The lowest BCUT2D eigenvalue weighted by molar-refractivity contribution is 0.573. The molecule has 0 bridgehead atoms. The van der Waals surface area contributed by atoms with Crippen molar-refractivity contribution in [2.75, 3.05) is 7.05 Å². The monoisotopic (exact) mass is 286 g/mol. The molecule has 0 spiro atoms. The summed E-state index contributed by atoms with van der Waals surface area (Å²) in [6, 6.07) is 8.51. The number of nitrogens with zero attached hydrogens (tertiary/aromatic N) is 3. The number of aromatic nitrogens is 3. The second kappa shape index (κ2) is 5.34. The van der Waals surface area contributed by atoms with E-state index in [0.29, 0.717) is 0 Å². The van der Waals surface area contributed by atoms with Crippen molar-refractivity contribution >= 4 is 22.4 Å². The van der Waals surface area contributed by atoms with Gasteiger partial charge in [-0.2, -0.15) is 0 Å². The third-order valence-corrected chi connectivity index (χ3v) is 4.62. The zero-order valence-electron chi connectivity index (χ0n) is 11.9. The van der Waals surface area contributed by atoms with Crippen LogP contribution in [0.15, 0.2) is 30.5 Å². The van der Waals surface area contributed by atoms with Crippen molar-refractivity contribution in [2.45, 2.75) is 19.4 Å². The van der Waals surface area contributed by atoms with Crippen molar-refractivity contribution < 1.29 is 0 Å². The van der Waals surface area contributed by atoms with Crippen LogP contribution in [0, 0.1) is 6.92 Å². The molecule has 1 N–H and O–H groups in total. The molecular formula is C15H18N4S. The first-order valence-electron chi connectivity index (χ1n) is 6.69. The number of nitrogens with one attached hydrogen (secondary N) is 1. The molecule has 2 aromatic heterocycles. The summed E-state index contributed by atoms with van der Waals surface area (Å²) in [5.41, 5.74) is 2.23.